The SMILES string of the molecule is CC(C)(C)S(=O)Cc1cccc(NC(=O)[C@@H]2CC[C@H](C(=O)O)O2)c1. The zero-order valence-corrected chi connectivity index (χ0v) is 14.9. The summed E-state index contributed by atoms with van der Waals surface area (Å²) in [6, 6.07) is 7.18. The van der Waals surface area contributed by atoms with Crippen molar-refractivity contribution in [2.45, 2.75) is 56.3 Å². The van der Waals surface area contributed by atoms with E-state index in [9.17, 15) is 13.8 Å². The van der Waals surface area contributed by atoms with E-state index in [2.05, 4.69) is 5.32 Å². The first-order chi connectivity index (χ1) is 11.2. The Bertz CT molecular complexity index is 653. The molecule has 1 aliphatic heterocycles. The third kappa shape index (κ3) is 4.88. The molecule has 3 atom stereocenters. The predicted molar refractivity (Wildman–Crippen MR) is 92.2 cm³/mol. The highest BCUT2D eigenvalue weighted by Gasteiger charge is 2.34. The van der Waals surface area contributed by atoms with E-state index < -0.39 is 29.0 Å². The van der Waals surface area contributed by atoms with Gasteiger partial charge in [0.1, 0.15) is 6.10 Å². The summed E-state index contributed by atoms with van der Waals surface area (Å²) >= 11 is 0. The molecule has 0 aliphatic carbocycles. The van der Waals surface area contributed by atoms with Gasteiger partial charge in [0.25, 0.3) is 5.91 Å². The number of carboxylic acid groups (broad SMARTS) is 1. The Morgan fingerprint density at radius 3 is 2.54 bits per heavy atom. The summed E-state index contributed by atoms with van der Waals surface area (Å²) in [5.74, 6) is -0.987. The fourth-order valence-electron chi connectivity index (χ4n) is 2.34. The number of nitrogens with one attached hydrogen (secondary N) is 1. The van der Waals surface area contributed by atoms with Crippen molar-refractivity contribution in [1.29, 1.82) is 0 Å². The van der Waals surface area contributed by atoms with Crippen molar-refractivity contribution in [3.63, 3.8) is 0 Å². The molecule has 1 amide bonds. The van der Waals surface area contributed by atoms with Crippen LogP contribution in [0.2, 0.25) is 0 Å². The van der Waals surface area contributed by atoms with Crippen LogP contribution in [-0.2, 0) is 30.9 Å². The van der Waals surface area contributed by atoms with Crippen LogP contribution in [0.4, 0.5) is 5.69 Å². The molecule has 1 aromatic carbocycles. The molecule has 0 aromatic heterocycles. The first-order valence-electron chi connectivity index (χ1n) is 7.83. The Morgan fingerprint density at radius 1 is 1.29 bits per heavy atom. The van der Waals surface area contributed by atoms with Gasteiger partial charge in [0.2, 0.25) is 0 Å². The van der Waals surface area contributed by atoms with Crippen molar-refractivity contribution < 1.29 is 23.6 Å². The monoisotopic (exact) mass is 353 g/mol. The molecule has 6 nitrogen and oxygen atoms in total. The summed E-state index contributed by atoms with van der Waals surface area (Å²) in [5, 5.41) is 11.6. The Balaban J connectivity index is 1.98. The van der Waals surface area contributed by atoms with Gasteiger partial charge in [0.05, 0.1) is 0 Å². The van der Waals surface area contributed by atoms with Crippen LogP contribution in [0.1, 0.15) is 39.2 Å². The first-order valence-corrected chi connectivity index (χ1v) is 9.15. The van der Waals surface area contributed by atoms with E-state index in [1.54, 1.807) is 18.2 Å². The van der Waals surface area contributed by atoms with Crippen molar-refractivity contribution in [2.75, 3.05) is 5.32 Å². The molecule has 7 heteroatoms. The summed E-state index contributed by atoms with van der Waals surface area (Å²) < 4.78 is 17.2. The lowest BCUT2D eigenvalue weighted by Gasteiger charge is -2.18. The molecule has 132 valence electrons. The maximum absolute atomic E-state index is 12.2. The minimum absolute atomic E-state index is 0.303. The summed E-state index contributed by atoms with van der Waals surface area (Å²) in [6.45, 7) is 5.76. The molecule has 1 saturated heterocycles. The summed E-state index contributed by atoms with van der Waals surface area (Å²) in [7, 11) is -1.02. The zero-order valence-electron chi connectivity index (χ0n) is 14.1. The van der Waals surface area contributed by atoms with E-state index >= 15 is 0 Å². The Kier molecular flexibility index (Phi) is 5.77. The van der Waals surface area contributed by atoms with Gasteiger partial charge in [-0.3, -0.25) is 9.00 Å². The number of carbonyl (C=O) groups is 2. The van der Waals surface area contributed by atoms with E-state index in [-0.39, 0.29) is 10.7 Å². The van der Waals surface area contributed by atoms with Crippen molar-refractivity contribution >= 4 is 28.4 Å². The van der Waals surface area contributed by atoms with E-state index in [4.69, 9.17) is 9.84 Å². The largest absolute Gasteiger partial charge is 0.479 e. The van der Waals surface area contributed by atoms with Gasteiger partial charge in [-0.05, 0) is 51.3 Å². The molecule has 1 aromatic rings. The molecule has 24 heavy (non-hydrogen) atoms. The molecule has 0 saturated carbocycles. The highest BCUT2D eigenvalue weighted by molar-refractivity contribution is 7.85. The number of carbonyl (C=O) groups excluding carboxylic acids is 1. The number of anilines is 1. The Morgan fingerprint density at radius 2 is 1.96 bits per heavy atom. The van der Waals surface area contributed by atoms with Gasteiger partial charge in [-0.15, -0.1) is 0 Å². The fraction of sp³-hybridized carbons (Fsp3) is 0.529. The average molecular weight is 353 g/mol. The zero-order chi connectivity index (χ0) is 17.9. The smallest absolute Gasteiger partial charge is 0.332 e. The van der Waals surface area contributed by atoms with Gasteiger partial charge in [0.15, 0.2) is 6.10 Å². The number of carboxylic acids is 1. The molecular formula is C17H23NO5S. The predicted octanol–water partition coefficient (Wildman–Crippen LogP) is 2.30. The van der Waals surface area contributed by atoms with Gasteiger partial charge in [0, 0.05) is 27.0 Å². The van der Waals surface area contributed by atoms with E-state index in [0.29, 0.717) is 24.3 Å². The highest BCUT2D eigenvalue weighted by Crippen LogP contribution is 2.22. The van der Waals surface area contributed by atoms with E-state index in [0.717, 1.165) is 5.56 Å². The number of hydrogen-bond acceptors (Lipinski definition) is 4. The van der Waals surface area contributed by atoms with Crippen molar-refractivity contribution in [1.82, 2.24) is 0 Å². The second-order valence-corrected chi connectivity index (χ2v) is 9.03. The standard InChI is InChI=1S/C17H23NO5S/c1-17(2,3)24(22)10-11-5-4-6-12(9-11)18-15(19)13-7-8-14(23-13)16(20)21/h4-6,9,13-14H,7-8,10H2,1-3H3,(H,18,19)(H,20,21)/t13-,14+,24?/m0/s1. The molecule has 0 spiro atoms. The third-order valence-corrected chi connectivity index (χ3v) is 5.72. The second-order valence-electron chi connectivity index (χ2n) is 6.82. The summed E-state index contributed by atoms with van der Waals surface area (Å²) in [4.78, 5) is 23.1. The highest BCUT2D eigenvalue weighted by atomic mass is 32.2. The number of benzene rings is 1. The molecule has 0 radical (unpaired) electrons. The average Bonchev–Trinajstić information content (AvgIpc) is 2.96. The molecule has 0 bridgehead atoms. The molecular weight excluding hydrogens is 330 g/mol. The normalized spacial score (nSPS) is 22.1. The molecule has 1 unspecified atom stereocenters. The van der Waals surface area contributed by atoms with Crippen LogP contribution in [0, 0.1) is 0 Å². The van der Waals surface area contributed by atoms with Crippen LogP contribution < -0.4 is 5.32 Å². The van der Waals surface area contributed by atoms with Gasteiger partial charge < -0.3 is 15.2 Å². The second kappa shape index (κ2) is 7.44. The number of amides is 1. The molecule has 2 N–H and O–H groups in total. The Hall–Kier alpha value is -1.73. The fourth-order valence-corrected chi connectivity index (χ4v) is 3.26. The van der Waals surface area contributed by atoms with Gasteiger partial charge in [-0.25, -0.2) is 4.79 Å². The molecule has 1 aliphatic rings. The van der Waals surface area contributed by atoms with E-state index in [1.807, 2.05) is 26.8 Å². The molecule has 2 rings (SSSR count). The van der Waals surface area contributed by atoms with Crippen LogP contribution in [0.25, 0.3) is 0 Å². The minimum Gasteiger partial charge on any atom is -0.479 e. The maximum atomic E-state index is 12.2. The quantitative estimate of drug-likeness (QED) is 0.847. The third-order valence-electron chi connectivity index (χ3n) is 3.76. The topological polar surface area (TPSA) is 92.7 Å². The minimum atomic E-state index is -1.04. The Labute approximate surface area is 144 Å². The van der Waals surface area contributed by atoms with Crippen LogP contribution in [0.15, 0.2) is 24.3 Å². The van der Waals surface area contributed by atoms with Crippen LogP contribution in [0.3, 0.4) is 0 Å². The van der Waals surface area contributed by atoms with Crippen molar-refractivity contribution in [2.24, 2.45) is 0 Å². The number of ether oxygens (including phenoxy) is 1. The number of rotatable bonds is 5. The summed E-state index contributed by atoms with van der Waals surface area (Å²) in [5.41, 5.74) is 1.46. The van der Waals surface area contributed by atoms with Crippen molar-refractivity contribution in [3.8, 4) is 0 Å². The van der Waals surface area contributed by atoms with Gasteiger partial charge >= 0.3 is 5.97 Å². The van der Waals surface area contributed by atoms with Crippen molar-refractivity contribution in [3.05, 3.63) is 29.8 Å². The first kappa shape index (κ1) is 18.6. The molecule has 1 heterocycles. The van der Waals surface area contributed by atoms with Crippen LogP contribution in [-0.4, -0.2) is 38.1 Å². The van der Waals surface area contributed by atoms with E-state index in [1.165, 1.54) is 0 Å². The number of aliphatic carboxylic acids is 1. The lowest BCUT2D eigenvalue weighted by Crippen LogP contribution is -2.30. The van der Waals surface area contributed by atoms with Crippen LogP contribution in [0.5, 0.6) is 0 Å². The maximum Gasteiger partial charge on any atom is 0.332 e. The molecule has 1 fully saturated rings. The lowest BCUT2D eigenvalue weighted by molar-refractivity contribution is -0.150. The van der Waals surface area contributed by atoms with Crippen LogP contribution >= 0.6 is 0 Å². The number of hydrogen-bond donors (Lipinski definition) is 2. The summed E-state index contributed by atoms with van der Waals surface area (Å²) in [6.07, 6.45) is -0.950. The lowest BCUT2D eigenvalue weighted by atomic mass is 10.1. The van der Waals surface area contributed by atoms with Gasteiger partial charge in [-0.2, -0.15) is 0 Å². The van der Waals surface area contributed by atoms with Gasteiger partial charge in [-0.1, -0.05) is 12.1 Å².